The molecule has 84 valence electrons. The second kappa shape index (κ2) is 3.70. The van der Waals surface area contributed by atoms with Crippen LogP contribution in [0.2, 0.25) is 0 Å². The van der Waals surface area contributed by atoms with E-state index in [1.54, 1.807) is 10.7 Å². The van der Waals surface area contributed by atoms with Crippen molar-refractivity contribution in [3.05, 3.63) is 53.9 Å². The van der Waals surface area contributed by atoms with E-state index >= 15 is 0 Å². The van der Waals surface area contributed by atoms with Gasteiger partial charge in [-0.1, -0.05) is 12.1 Å². The summed E-state index contributed by atoms with van der Waals surface area (Å²) in [6, 6.07) is 10.4. The van der Waals surface area contributed by atoms with Crippen molar-refractivity contribution in [3.8, 4) is 11.3 Å². The highest BCUT2D eigenvalue weighted by molar-refractivity contribution is 5.61. The molecule has 0 N–H and O–H groups in total. The molecule has 17 heavy (non-hydrogen) atoms. The topological polar surface area (TPSA) is 30.2 Å². The Morgan fingerprint density at radius 1 is 1.00 bits per heavy atom. The van der Waals surface area contributed by atoms with Crippen molar-refractivity contribution in [2.45, 2.75) is 13.8 Å². The van der Waals surface area contributed by atoms with Crippen LogP contribution in [0.25, 0.3) is 16.9 Å². The maximum Gasteiger partial charge on any atom is 0.153 e. The number of nitrogens with zero attached hydrogens (tertiary/aromatic N) is 3. The van der Waals surface area contributed by atoms with Crippen LogP contribution in [0.5, 0.6) is 0 Å². The Morgan fingerprint density at radius 3 is 2.71 bits per heavy atom. The Labute approximate surface area is 99.7 Å². The van der Waals surface area contributed by atoms with Crippen molar-refractivity contribution in [2.75, 3.05) is 0 Å². The highest BCUT2D eigenvalue weighted by Gasteiger charge is 2.03. The van der Waals surface area contributed by atoms with Gasteiger partial charge in [0.25, 0.3) is 0 Å². The van der Waals surface area contributed by atoms with Crippen molar-refractivity contribution in [3.63, 3.8) is 0 Å². The molecule has 0 radical (unpaired) electrons. The molecule has 3 nitrogen and oxygen atoms in total. The largest absolute Gasteiger partial charge is 0.236 e. The van der Waals surface area contributed by atoms with Crippen molar-refractivity contribution >= 4 is 5.65 Å². The lowest BCUT2D eigenvalue weighted by molar-refractivity contribution is 0.942. The quantitative estimate of drug-likeness (QED) is 0.634. The van der Waals surface area contributed by atoms with Crippen LogP contribution in [-0.2, 0) is 0 Å². The van der Waals surface area contributed by atoms with E-state index < -0.39 is 0 Å². The van der Waals surface area contributed by atoms with Gasteiger partial charge in [0.15, 0.2) is 5.65 Å². The van der Waals surface area contributed by atoms with E-state index in [4.69, 9.17) is 0 Å². The average molecular weight is 223 g/mol. The number of imidazole rings is 1. The first-order valence-corrected chi connectivity index (χ1v) is 5.62. The molecule has 0 spiro atoms. The summed E-state index contributed by atoms with van der Waals surface area (Å²) in [5, 5.41) is 4.53. The fraction of sp³-hybridized carbons (Fsp3) is 0.143. The smallest absolute Gasteiger partial charge is 0.153 e. The van der Waals surface area contributed by atoms with Gasteiger partial charge in [-0.15, -0.1) is 0 Å². The molecule has 0 fully saturated rings. The highest BCUT2D eigenvalue weighted by Crippen LogP contribution is 2.20. The van der Waals surface area contributed by atoms with E-state index in [9.17, 15) is 0 Å². The van der Waals surface area contributed by atoms with E-state index in [1.807, 2.05) is 18.3 Å². The Bertz CT molecular complexity index is 683. The second-order valence-electron chi connectivity index (χ2n) is 4.25. The van der Waals surface area contributed by atoms with Gasteiger partial charge >= 0.3 is 0 Å². The molecule has 0 unspecified atom stereocenters. The molecule has 0 atom stereocenters. The van der Waals surface area contributed by atoms with Crippen LogP contribution in [-0.4, -0.2) is 14.6 Å². The summed E-state index contributed by atoms with van der Waals surface area (Å²) in [5.41, 5.74) is 5.58. The third-order valence-electron chi connectivity index (χ3n) is 3.06. The molecule has 0 aliphatic heterocycles. The standard InChI is InChI=1S/C14H13N3/c1-10-3-4-12(9-11(10)2)13-5-6-14-15-7-8-17(14)16-13/h3-9H,1-2H3. The number of rotatable bonds is 1. The van der Waals surface area contributed by atoms with E-state index in [2.05, 4.69) is 42.1 Å². The van der Waals surface area contributed by atoms with Gasteiger partial charge in [0.05, 0.1) is 5.69 Å². The van der Waals surface area contributed by atoms with E-state index in [1.165, 1.54) is 11.1 Å². The minimum atomic E-state index is 0.873. The number of aromatic nitrogens is 3. The van der Waals surface area contributed by atoms with Crippen molar-refractivity contribution < 1.29 is 0 Å². The van der Waals surface area contributed by atoms with Gasteiger partial charge in [-0.2, -0.15) is 5.10 Å². The number of fused-ring (bicyclic) bond motifs is 1. The second-order valence-corrected chi connectivity index (χ2v) is 4.25. The summed E-state index contributed by atoms with van der Waals surface area (Å²) in [7, 11) is 0. The Hall–Kier alpha value is -2.16. The minimum absolute atomic E-state index is 0.873. The van der Waals surface area contributed by atoms with Crippen LogP contribution in [0.4, 0.5) is 0 Å². The molecular formula is C14H13N3. The number of aryl methyl sites for hydroxylation is 2. The molecule has 3 aromatic rings. The maximum absolute atomic E-state index is 4.53. The van der Waals surface area contributed by atoms with Gasteiger partial charge in [0, 0.05) is 18.0 Å². The van der Waals surface area contributed by atoms with Gasteiger partial charge in [-0.25, -0.2) is 9.50 Å². The fourth-order valence-electron chi connectivity index (χ4n) is 1.87. The molecule has 3 rings (SSSR count). The van der Waals surface area contributed by atoms with E-state index in [0.717, 1.165) is 16.9 Å². The van der Waals surface area contributed by atoms with Gasteiger partial charge in [-0.3, -0.25) is 0 Å². The van der Waals surface area contributed by atoms with Crippen LogP contribution < -0.4 is 0 Å². The van der Waals surface area contributed by atoms with Gasteiger partial charge < -0.3 is 0 Å². The first kappa shape index (κ1) is 10.0. The average Bonchev–Trinajstić information content (AvgIpc) is 2.79. The van der Waals surface area contributed by atoms with E-state index in [-0.39, 0.29) is 0 Å². The Kier molecular flexibility index (Phi) is 2.18. The summed E-state index contributed by atoms with van der Waals surface area (Å²) in [4.78, 5) is 4.19. The third-order valence-corrected chi connectivity index (χ3v) is 3.06. The van der Waals surface area contributed by atoms with Crippen molar-refractivity contribution in [1.82, 2.24) is 14.6 Å². The normalized spacial score (nSPS) is 10.9. The molecule has 0 amide bonds. The molecule has 3 heteroatoms. The minimum Gasteiger partial charge on any atom is -0.236 e. The molecule has 0 bridgehead atoms. The van der Waals surface area contributed by atoms with Gasteiger partial charge in [-0.05, 0) is 43.2 Å². The molecule has 2 aromatic heterocycles. The summed E-state index contributed by atoms with van der Waals surface area (Å²) < 4.78 is 1.80. The van der Waals surface area contributed by atoms with Crippen LogP contribution in [0.1, 0.15) is 11.1 Å². The van der Waals surface area contributed by atoms with Crippen molar-refractivity contribution in [1.29, 1.82) is 0 Å². The lowest BCUT2D eigenvalue weighted by Crippen LogP contribution is -1.93. The number of benzene rings is 1. The molecule has 2 heterocycles. The first-order valence-electron chi connectivity index (χ1n) is 5.62. The molecule has 0 saturated carbocycles. The number of hydrogen-bond donors (Lipinski definition) is 0. The van der Waals surface area contributed by atoms with Crippen LogP contribution in [0, 0.1) is 13.8 Å². The fourth-order valence-corrected chi connectivity index (χ4v) is 1.87. The van der Waals surface area contributed by atoms with Gasteiger partial charge in [0.1, 0.15) is 0 Å². The van der Waals surface area contributed by atoms with Crippen molar-refractivity contribution in [2.24, 2.45) is 0 Å². The molecule has 0 aliphatic carbocycles. The monoisotopic (exact) mass is 223 g/mol. The number of hydrogen-bond acceptors (Lipinski definition) is 2. The molecule has 1 aromatic carbocycles. The summed E-state index contributed by atoms with van der Waals surface area (Å²) in [6.45, 7) is 4.24. The zero-order valence-corrected chi connectivity index (χ0v) is 9.88. The first-order chi connectivity index (χ1) is 8.24. The van der Waals surface area contributed by atoms with E-state index in [0.29, 0.717) is 0 Å². The predicted molar refractivity (Wildman–Crippen MR) is 67.9 cm³/mol. The summed E-state index contributed by atoms with van der Waals surface area (Å²) >= 11 is 0. The SMILES string of the molecule is Cc1ccc(-c2ccc3nccn3n2)cc1C. The summed E-state index contributed by atoms with van der Waals surface area (Å²) in [5.74, 6) is 0. The predicted octanol–water partition coefficient (Wildman–Crippen LogP) is 3.01. The lowest BCUT2D eigenvalue weighted by atomic mass is 10.0. The van der Waals surface area contributed by atoms with Crippen LogP contribution >= 0.6 is 0 Å². The molecule has 0 aliphatic rings. The molecular weight excluding hydrogens is 210 g/mol. The highest BCUT2D eigenvalue weighted by atomic mass is 15.2. The maximum atomic E-state index is 4.53. The third kappa shape index (κ3) is 1.69. The Balaban J connectivity index is 2.16. The molecule has 0 saturated heterocycles. The van der Waals surface area contributed by atoms with Gasteiger partial charge in [0.2, 0.25) is 0 Å². The van der Waals surface area contributed by atoms with Crippen LogP contribution in [0.3, 0.4) is 0 Å². The zero-order valence-electron chi connectivity index (χ0n) is 9.88. The summed E-state index contributed by atoms with van der Waals surface area (Å²) in [6.07, 6.45) is 3.62. The van der Waals surface area contributed by atoms with Crippen LogP contribution in [0.15, 0.2) is 42.7 Å². The Morgan fingerprint density at radius 2 is 1.88 bits per heavy atom. The lowest BCUT2D eigenvalue weighted by Gasteiger charge is -2.05. The zero-order chi connectivity index (χ0) is 11.8.